The van der Waals surface area contributed by atoms with Crippen molar-refractivity contribution in [3.63, 3.8) is 0 Å². The molecule has 0 spiro atoms. The van der Waals surface area contributed by atoms with Gasteiger partial charge in [-0.2, -0.15) is 0 Å². The monoisotopic (exact) mass is 267 g/mol. The van der Waals surface area contributed by atoms with Crippen LogP contribution in [0, 0.1) is 12.7 Å². The van der Waals surface area contributed by atoms with Crippen LogP contribution in [0.15, 0.2) is 55.2 Å². The number of hydrogen-bond acceptors (Lipinski definition) is 2. The van der Waals surface area contributed by atoms with Crippen LogP contribution in [-0.4, -0.2) is 15.0 Å². The highest BCUT2D eigenvalue weighted by atomic mass is 19.1. The van der Waals surface area contributed by atoms with E-state index in [1.54, 1.807) is 37.9 Å². The molecular formula is C16H14FN3. The van der Waals surface area contributed by atoms with Crippen LogP contribution < -0.4 is 0 Å². The van der Waals surface area contributed by atoms with Crippen LogP contribution in [0.1, 0.15) is 28.3 Å². The highest BCUT2D eigenvalue weighted by molar-refractivity contribution is 5.41. The van der Waals surface area contributed by atoms with Crippen LogP contribution in [0.4, 0.5) is 4.39 Å². The minimum absolute atomic E-state index is 0.183. The molecule has 3 aromatic rings. The normalized spacial score (nSPS) is 12.3. The molecule has 1 N–H and O–H groups in total. The summed E-state index contributed by atoms with van der Waals surface area (Å²) in [5.74, 6) is -0.415. The number of rotatable bonds is 3. The lowest BCUT2D eigenvalue weighted by Crippen LogP contribution is -2.07. The fourth-order valence-electron chi connectivity index (χ4n) is 2.39. The van der Waals surface area contributed by atoms with E-state index in [0.717, 1.165) is 11.3 Å². The van der Waals surface area contributed by atoms with Crippen molar-refractivity contribution in [1.29, 1.82) is 0 Å². The van der Waals surface area contributed by atoms with E-state index in [2.05, 4.69) is 15.0 Å². The molecule has 0 amide bonds. The summed E-state index contributed by atoms with van der Waals surface area (Å²) in [5.41, 5.74) is 3.03. The van der Waals surface area contributed by atoms with Crippen molar-refractivity contribution in [2.75, 3.05) is 0 Å². The number of hydrogen-bond donors (Lipinski definition) is 1. The third kappa shape index (κ3) is 2.20. The number of halogens is 1. The second-order valence-electron chi connectivity index (χ2n) is 4.69. The molecule has 0 aliphatic heterocycles. The van der Waals surface area contributed by atoms with Gasteiger partial charge in [-0.05, 0) is 30.2 Å². The molecule has 0 bridgehead atoms. The van der Waals surface area contributed by atoms with Crippen LogP contribution in [0.5, 0.6) is 0 Å². The van der Waals surface area contributed by atoms with E-state index in [9.17, 15) is 4.39 Å². The van der Waals surface area contributed by atoms with E-state index >= 15 is 0 Å². The van der Waals surface area contributed by atoms with E-state index in [1.165, 1.54) is 0 Å². The third-order valence-electron chi connectivity index (χ3n) is 3.39. The fourth-order valence-corrected chi connectivity index (χ4v) is 2.39. The number of aromatic nitrogens is 3. The van der Waals surface area contributed by atoms with E-state index in [0.29, 0.717) is 11.1 Å². The predicted octanol–water partition coefficient (Wildman–Crippen LogP) is 3.43. The Morgan fingerprint density at radius 3 is 2.65 bits per heavy atom. The molecule has 1 atom stereocenters. The summed E-state index contributed by atoms with van der Waals surface area (Å²) in [5, 5.41) is 0. The smallest absolute Gasteiger partial charge is 0.130 e. The summed E-state index contributed by atoms with van der Waals surface area (Å²) in [6.45, 7) is 1.77. The Bertz CT molecular complexity index is 693. The maximum atomic E-state index is 14.5. The lowest BCUT2D eigenvalue weighted by atomic mass is 9.88. The highest BCUT2D eigenvalue weighted by Gasteiger charge is 2.22. The SMILES string of the molecule is Cc1cccc(C(c2ccncc2)c2c[nH]cn2)c1F. The summed E-state index contributed by atoms with van der Waals surface area (Å²) in [7, 11) is 0. The zero-order chi connectivity index (χ0) is 13.9. The van der Waals surface area contributed by atoms with Gasteiger partial charge in [0.1, 0.15) is 5.82 Å². The second kappa shape index (κ2) is 5.25. The molecule has 0 aliphatic carbocycles. The first-order valence-corrected chi connectivity index (χ1v) is 6.41. The van der Waals surface area contributed by atoms with Gasteiger partial charge in [-0.1, -0.05) is 18.2 Å². The van der Waals surface area contributed by atoms with Gasteiger partial charge in [0.15, 0.2) is 0 Å². The number of H-pyrrole nitrogens is 1. The van der Waals surface area contributed by atoms with E-state index in [-0.39, 0.29) is 11.7 Å². The predicted molar refractivity (Wildman–Crippen MR) is 74.9 cm³/mol. The molecule has 100 valence electrons. The average molecular weight is 267 g/mol. The van der Waals surface area contributed by atoms with Gasteiger partial charge in [0.05, 0.1) is 17.9 Å². The Morgan fingerprint density at radius 2 is 1.95 bits per heavy atom. The molecule has 2 heterocycles. The van der Waals surface area contributed by atoms with Crippen molar-refractivity contribution in [2.45, 2.75) is 12.8 Å². The molecule has 0 saturated heterocycles. The number of nitrogens with zero attached hydrogens (tertiary/aromatic N) is 2. The number of imidazole rings is 1. The largest absolute Gasteiger partial charge is 0.351 e. The Kier molecular flexibility index (Phi) is 3.29. The van der Waals surface area contributed by atoms with Gasteiger partial charge in [-0.15, -0.1) is 0 Å². The molecule has 3 nitrogen and oxygen atoms in total. The lowest BCUT2D eigenvalue weighted by molar-refractivity contribution is 0.596. The van der Waals surface area contributed by atoms with Crippen LogP contribution >= 0.6 is 0 Å². The minimum atomic E-state index is -0.232. The second-order valence-corrected chi connectivity index (χ2v) is 4.69. The Morgan fingerprint density at radius 1 is 1.15 bits per heavy atom. The molecule has 2 aromatic heterocycles. The van der Waals surface area contributed by atoms with Gasteiger partial charge in [-0.3, -0.25) is 4.98 Å². The number of aromatic amines is 1. The molecule has 20 heavy (non-hydrogen) atoms. The van der Waals surface area contributed by atoms with E-state index in [4.69, 9.17) is 0 Å². The molecule has 3 rings (SSSR count). The van der Waals surface area contributed by atoms with E-state index in [1.807, 2.05) is 24.3 Å². The minimum Gasteiger partial charge on any atom is -0.351 e. The van der Waals surface area contributed by atoms with Crippen LogP contribution in [-0.2, 0) is 0 Å². The maximum Gasteiger partial charge on any atom is 0.130 e. The van der Waals surface area contributed by atoms with Crippen molar-refractivity contribution in [2.24, 2.45) is 0 Å². The molecule has 0 fully saturated rings. The van der Waals surface area contributed by atoms with E-state index < -0.39 is 0 Å². The molecule has 1 unspecified atom stereocenters. The standard InChI is InChI=1S/C16H14FN3/c1-11-3-2-4-13(16(11)17)15(14-9-19-10-20-14)12-5-7-18-8-6-12/h2-10,15H,1H3,(H,19,20). The van der Waals surface area contributed by atoms with Crippen molar-refractivity contribution in [1.82, 2.24) is 15.0 Å². The van der Waals surface area contributed by atoms with Crippen molar-refractivity contribution < 1.29 is 4.39 Å². The first-order valence-electron chi connectivity index (χ1n) is 6.41. The van der Waals surface area contributed by atoms with Crippen LogP contribution in [0.25, 0.3) is 0 Å². The molecule has 0 radical (unpaired) electrons. The zero-order valence-corrected chi connectivity index (χ0v) is 11.0. The van der Waals surface area contributed by atoms with Crippen molar-refractivity contribution >= 4 is 0 Å². The zero-order valence-electron chi connectivity index (χ0n) is 11.0. The van der Waals surface area contributed by atoms with Gasteiger partial charge >= 0.3 is 0 Å². The topological polar surface area (TPSA) is 41.6 Å². The Hall–Kier alpha value is -2.49. The van der Waals surface area contributed by atoms with Gasteiger partial charge in [0, 0.05) is 24.2 Å². The molecule has 1 aromatic carbocycles. The number of aryl methyl sites for hydroxylation is 1. The van der Waals surface area contributed by atoms with Gasteiger partial charge in [0.25, 0.3) is 0 Å². The summed E-state index contributed by atoms with van der Waals surface area (Å²) in [4.78, 5) is 11.3. The van der Waals surface area contributed by atoms with Gasteiger partial charge < -0.3 is 4.98 Å². The van der Waals surface area contributed by atoms with Crippen LogP contribution in [0.2, 0.25) is 0 Å². The number of pyridine rings is 1. The Balaban J connectivity index is 2.19. The maximum absolute atomic E-state index is 14.5. The summed E-state index contributed by atoms with van der Waals surface area (Å²) in [6, 6.07) is 9.23. The summed E-state index contributed by atoms with van der Waals surface area (Å²) in [6.07, 6.45) is 6.83. The van der Waals surface area contributed by atoms with Crippen molar-refractivity contribution in [3.8, 4) is 0 Å². The summed E-state index contributed by atoms with van der Waals surface area (Å²) >= 11 is 0. The van der Waals surface area contributed by atoms with Crippen LogP contribution in [0.3, 0.4) is 0 Å². The summed E-state index contributed by atoms with van der Waals surface area (Å²) < 4.78 is 14.5. The molecular weight excluding hydrogens is 253 g/mol. The number of nitrogens with one attached hydrogen (secondary N) is 1. The fraction of sp³-hybridized carbons (Fsp3) is 0.125. The molecule has 0 aliphatic rings. The molecule has 4 heteroatoms. The number of benzene rings is 1. The van der Waals surface area contributed by atoms with Gasteiger partial charge in [0.2, 0.25) is 0 Å². The highest BCUT2D eigenvalue weighted by Crippen LogP contribution is 2.32. The van der Waals surface area contributed by atoms with Gasteiger partial charge in [-0.25, -0.2) is 9.37 Å². The quantitative estimate of drug-likeness (QED) is 0.790. The van der Waals surface area contributed by atoms with Crippen molar-refractivity contribution in [3.05, 3.63) is 83.5 Å². The Labute approximate surface area is 116 Å². The first-order chi connectivity index (χ1) is 9.77. The molecule has 0 saturated carbocycles. The third-order valence-corrected chi connectivity index (χ3v) is 3.39. The first kappa shape index (κ1) is 12.5. The average Bonchev–Trinajstić information content (AvgIpc) is 2.99. The lowest BCUT2D eigenvalue weighted by Gasteiger charge is -2.17.